The zero-order valence-corrected chi connectivity index (χ0v) is 23.5. The monoisotopic (exact) mass is 580 g/mol. The van der Waals surface area contributed by atoms with E-state index in [2.05, 4.69) is 31.2 Å². The van der Waals surface area contributed by atoms with E-state index >= 15 is 0 Å². The van der Waals surface area contributed by atoms with Gasteiger partial charge in [-0.3, -0.25) is 4.79 Å². The van der Waals surface area contributed by atoms with Gasteiger partial charge in [0, 0.05) is 40.4 Å². The lowest BCUT2D eigenvalue weighted by atomic mass is 9.83. The topological polar surface area (TPSA) is 97.7 Å². The number of nitrogens with zero attached hydrogens (tertiary/aromatic N) is 4. The van der Waals surface area contributed by atoms with Gasteiger partial charge in [0.15, 0.2) is 0 Å². The van der Waals surface area contributed by atoms with Crippen LogP contribution in [0.2, 0.25) is 0 Å². The third-order valence-electron chi connectivity index (χ3n) is 8.66. The van der Waals surface area contributed by atoms with Gasteiger partial charge in [0.25, 0.3) is 5.91 Å². The Morgan fingerprint density at radius 3 is 2.66 bits per heavy atom. The average Bonchev–Trinajstić information content (AvgIpc) is 3.59. The summed E-state index contributed by atoms with van der Waals surface area (Å²) >= 11 is 1.05. The first-order valence-electron chi connectivity index (χ1n) is 14.1. The molecule has 214 valence electrons. The molecule has 11 heteroatoms. The molecule has 0 spiro atoms. The zero-order chi connectivity index (χ0) is 28.7. The minimum atomic E-state index is -4.29. The summed E-state index contributed by atoms with van der Waals surface area (Å²) in [5, 5.41) is 14.1. The summed E-state index contributed by atoms with van der Waals surface area (Å²) in [5.41, 5.74) is 2.64. The SMILES string of the molecule is Cc1c(C(=O)NC2CN(c3ncnc4sc(CC(F)(F)F)cc34)CC2C2CCCCCC2)ccc2[nH]c(C#N)cc12. The van der Waals surface area contributed by atoms with E-state index < -0.39 is 12.6 Å². The molecule has 2 unspecified atom stereocenters. The number of aryl methyl sites for hydroxylation is 1. The van der Waals surface area contributed by atoms with Crippen molar-refractivity contribution in [2.45, 2.75) is 64.1 Å². The first-order chi connectivity index (χ1) is 19.7. The summed E-state index contributed by atoms with van der Waals surface area (Å²) in [6.07, 6.45) is 3.10. The Bertz CT molecular complexity index is 1630. The van der Waals surface area contributed by atoms with E-state index in [-0.39, 0.29) is 22.7 Å². The van der Waals surface area contributed by atoms with Crippen LogP contribution in [-0.2, 0) is 6.42 Å². The molecule has 1 aliphatic carbocycles. The van der Waals surface area contributed by atoms with Crippen molar-refractivity contribution < 1.29 is 18.0 Å². The van der Waals surface area contributed by atoms with E-state index in [1.807, 2.05) is 13.0 Å². The molecule has 1 aliphatic heterocycles. The standard InChI is InChI=1S/C30H31F3N6OS/c1-17-21(8-9-25-22(17)10-19(13-34)37-25)28(40)38-26-15-39(14-24(26)18-6-4-2-3-5-7-18)27-23-11-20(12-30(31,32)33)41-29(23)36-16-35-27/h8-11,16,18,24,26,37H,2-7,12,14-15H2,1H3,(H,38,40). The maximum Gasteiger partial charge on any atom is 0.393 e. The predicted octanol–water partition coefficient (Wildman–Crippen LogP) is 6.66. The second-order valence-electron chi connectivity index (χ2n) is 11.3. The summed E-state index contributed by atoms with van der Waals surface area (Å²) in [4.78, 5) is 28.4. The molecule has 1 saturated heterocycles. The van der Waals surface area contributed by atoms with Gasteiger partial charge in [0.2, 0.25) is 0 Å². The molecule has 3 aromatic heterocycles. The highest BCUT2D eigenvalue weighted by Gasteiger charge is 2.40. The zero-order valence-electron chi connectivity index (χ0n) is 22.7. The first-order valence-corrected chi connectivity index (χ1v) is 14.9. The molecule has 0 bridgehead atoms. The molecule has 4 heterocycles. The van der Waals surface area contributed by atoms with Crippen LogP contribution in [-0.4, -0.2) is 46.2 Å². The number of aromatic nitrogens is 3. The quantitative estimate of drug-likeness (QED) is 0.257. The molecular formula is C30H31F3N6OS. The van der Waals surface area contributed by atoms with E-state index in [1.54, 1.807) is 18.2 Å². The maximum absolute atomic E-state index is 13.7. The van der Waals surface area contributed by atoms with Crippen molar-refractivity contribution in [3.05, 3.63) is 52.3 Å². The van der Waals surface area contributed by atoms with Crippen molar-refractivity contribution in [2.75, 3.05) is 18.0 Å². The summed E-state index contributed by atoms with van der Waals surface area (Å²) in [6.45, 7) is 3.09. The molecule has 41 heavy (non-hydrogen) atoms. The molecule has 2 aliphatic rings. The summed E-state index contributed by atoms with van der Waals surface area (Å²) in [7, 11) is 0. The van der Waals surface area contributed by atoms with Crippen molar-refractivity contribution >= 4 is 44.2 Å². The molecule has 2 atom stereocenters. The van der Waals surface area contributed by atoms with Gasteiger partial charge in [-0.25, -0.2) is 9.97 Å². The number of amides is 1. The van der Waals surface area contributed by atoms with E-state index in [4.69, 9.17) is 0 Å². The maximum atomic E-state index is 13.7. The van der Waals surface area contributed by atoms with Gasteiger partial charge in [0.05, 0.1) is 17.8 Å². The molecule has 6 rings (SSSR count). The van der Waals surface area contributed by atoms with Crippen molar-refractivity contribution in [2.24, 2.45) is 11.8 Å². The van der Waals surface area contributed by atoms with Crippen molar-refractivity contribution in [1.29, 1.82) is 5.26 Å². The number of benzene rings is 1. The molecule has 1 aromatic carbocycles. The van der Waals surface area contributed by atoms with Gasteiger partial charge in [0.1, 0.15) is 28.7 Å². The predicted molar refractivity (Wildman–Crippen MR) is 153 cm³/mol. The smallest absolute Gasteiger partial charge is 0.354 e. The number of rotatable bonds is 5. The molecule has 7 nitrogen and oxygen atoms in total. The fourth-order valence-electron chi connectivity index (χ4n) is 6.70. The minimum Gasteiger partial charge on any atom is -0.354 e. The summed E-state index contributed by atoms with van der Waals surface area (Å²) < 4.78 is 39.3. The number of halogens is 3. The number of alkyl halides is 3. The van der Waals surface area contributed by atoms with Crippen LogP contribution in [0.1, 0.15) is 65.0 Å². The lowest BCUT2D eigenvalue weighted by molar-refractivity contribution is -0.126. The number of nitrogens with one attached hydrogen (secondary N) is 2. The molecule has 2 N–H and O–H groups in total. The van der Waals surface area contributed by atoms with E-state index in [9.17, 15) is 23.2 Å². The average molecular weight is 581 g/mol. The van der Waals surface area contributed by atoms with Crippen LogP contribution in [0.15, 0.2) is 30.6 Å². The third kappa shape index (κ3) is 5.62. The third-order valence-corrected chi connectivity index (χ3v) is 9.70. The van der Waals surface area contributed by atoms with Crippen LogP contribution < -0.4 is 10.2 Å². The Labute approximate surface area is 239 Å². The highest BCUT2D eigenvalue weighted by atomic mass is 32.1. The minimum absolute atomic E-state index is 0.139. The number of hydrogen-bond donors (Lipinski definition) is 2. The normalized spacial score (nSPS) is 20.4. The van der Waals surface area contributed by atoms with Crippen molar-refractivity contribution in [1.82, 2.24) is 20.3 Å². The number of carbonyl (C=O) groups is 1. The highest BCUT2D eigenvalue weighted by Crippen LogP contribution is 2.39. The molecule has 1 saturated carbocycles. The Morgan fingerprint density at radius 2 is 1.93 bits per heavy atom. The van der Waals surface area contributed by atoms with Gasteiger partial charge in [-0.15, -0.1) is 11.3 Å². The Morgan fingerprint density at radius 1 is 1.15 bits per heavy atom. The van der Waals surface area contributed by atoms with E-state index in [0.29, 0.717) is 46.3 Å². The van der Waals surface area contributed by atoms with Gasteiger partial charge in [-0.1, -0.05) is 38.5 Å². The molecule has 1 amide bonds. The fraction of sp³-hybridized carbons (Fsp3) is 0.467. The number of anilines is 1. The highest BCUT2D eigenvalue weighted by molar-refractivity contribution is 7.18. The lowest BCUT2D eigenvalue weighted by Crippen LogP contribution is -2.43. The van der Waals surface area contributed by atoms with E-state index in [0.717, 1.165) is 53.5 Å². The summed E-state index contributed by atoms with van der Waals surface area (Å²) in [5.74, 6) is 1.10. The van der Waals surface area contributed by atoms with Crippen LogP contribution in [0.3, 0.4) is 0 Å². The lowest BCUT2D eigenvalue weighted by Gasteiger charge is -2.27. The van der Waals surface area contributed by atoms with Crippen LogP contribution in [0.4, 0.5) is 19.0 Å². The van der Waals surface area contributed by atoms with Gasteiger partial charge >= 0.3 is 6.18 Å². The largest absolute Gasteiger partial charge is 0.393 e. The fourth-order valence-corrected chi connectivity index (χ4v) is 7.72. The molecule has 0 radical (unpaired) electrons. The number of thiophene rings is 1. The molecular weight excluding hydrogens is 549 g/mol. The van der Waals surface area contributed by atoms with Crippen LogP contribution in [0.5, 0.6) is 0 Å². The van der Waals surface area contributed by atoms with Crippen LogP contribution >= 0.6 is 11.3 Å². The van der Waals surface area contributed by atoms with Crippen molar-refractivity contribution in [3.63, 3.8) is 0 Å². The number of H-pyrrole nitrogens is 1. The first kappa shape index (κ1) is 27.5. The number of fused-ring (bicyclic) bond motifs is 2. The number of nitriles is 1. The summed E-state index contributed by atoms with van der Waals surface area (Å²) in [6, 6.07) is 8.93. The molecule has 4 aromatic rings. The molecule has 2 fully saturated rings. The number of hydrogen-bond acceptors (Lipinski definition) is 6. The second kappa shape index (κ2) is 11.0. The van der Waals surface area contributed by atoms with Gasteiger partial charge < -0.3 is 15.2 Å². The van der Waals surface area contributed by atoms with E-state index in [1.165, 1.54) is 19.2 Å². The van der Waals surface area contributed by atoms with Gasteiger partial charge in [-0.2, -0.15) is 18.4 Å². The Balaban J connectivity index is 1.30. The van der Waals surface area contributed by atoms with Crippen molar-refractivity contribution in [3.8, 4) is 6.07 Å². The number of carbonyl (C=O) groups excluding carboxylic acids is 1. The second-order valence-corrected chi connectivity index (χ2v) is 12.4. The van der Waals surface area contributed by atoms with Crippen LogP contribution in [0, 0.1) is 30.1 Å². The van der Waals surface area contributed by atoms with Crippen LogP contribution in [0.25, 0.3) is 21.1 Å². The van der Waals surface area contributed by atoms with Gasteiger partial charge in [-0.05, 0) is 42.7 Å². The Kier molecular flexibility index (Phi) is 7.36. The Hall–Kier alpha value is -3.65. The number of aromatic amines is 1.